The fourth-order valence-electron chi connectivity index (χ4n) is 3.14. The van der Waals surface area contributed by atoms with Crippen molar-refractivity contribution in [3.8, 4) is 0 Å². The van der Waals surface area contributed by atoms with Crippen LogP contribution in [0.15, 0.2) is 4.99 Å². The van der Waals surface area contributed by atoms with Crippen LogP contribution >= 0.6 is 0 Å². The SMILES string of the molecule is COCC1CCN(C(=NC2CCCCC2)NN)CC1. The Hall–Kier alpha value is -0.810. The highest BCUT2D eigenvalue weighted by Crippen LogP contribution is 2.22. The zero-order valence-corrected chi connectivity index (χ0v) is 12.1. The third-order valence-electron chi connectivity index (χ3n) is 4.33. The molecular weight excluding hydrogens is 240 g/mol. The van der Waals surface area contributed by atoms with Gasteiger partial charge in [0.25, 0.3) is 0 Å². The van der Waals surface area contributed by atoms with Gasteiger partial charge >= 0.3 is 0 Å². The van der Waals surface area contributed by atoms with Gasteiger partial charge < -0.3 is 9.64 Å². The molecule has 0 aromatic rings. The van der Waals surface area contributed by atoms with Gasteiger partial charge in [-0.1, -0.05) is 19.3 Å². The monoisotopic (exact) mass is 268 g/mol. The lowest BCUT2D eigenvalue weighted by Crippen LogP contribution is -2.49. The Kier molecular flexibility index (Phi) is 5.92. The van der Waals surface area contributed by atoms with Gasteiger partial charge in [-0.3, -0.25) is 5.43 Å². The molecule has 1 aliphatic heterocycles. The van der Waals surface area contributed by atoms with Crippen LogP contribution in [0.3, 0.4) is 0 Å². The lowest BCUT2D eigenvalue weighted by Gasteiger charge is -2.34. The van der Waals surface area contributed by atoms with Crippen LogP contribution in [-0.4, -0.2) is 43.7 Å². The number of ether oxygens (including phenoxy) is 1. The summed E-state index contributed by atoms with van der Waals surface area (Å²) in [4.78, 5) is 7.12. The van der Waals surface area contributed by atoms with E-state index >= 15 is 0 Å². The van der Waals surface area contributed by atoms with E-state index in [1.807, 2.05) is 0 Å². The van der Waals surface area contributed by atoms with Crippen molar-refractivity contribution in [2.24, 2.45) is 16.8 Å². The molecule has 0 spiro atoms. The minimum Gasteiger partial charge on any atom is -0.384 e. The molecule has 0 aromatic heterocycles. The Labute approximate surface area is 116 Å². The molecule has 2 fully saturated rings. The average molecular weight is 268 g/mol. The van der Waals surface area contributed by atoms with Crippen molar-refractivity contribution in [3.63, 3.8) is 0 Å². The van der Waals surface area contributed by atoms with E-state index in [4.69, 9.17) is 15.6 Å². The lowest BCUT2D eigenvalue weighted by atomic mass is 9.96. The van der Waals surface area contributed by atoms with Crippen LogP contribution in [0.2, 0.25) is 0 Å². The van der Waals surface area contributed by atoms with Gasteiger partial charge in [-0.15, -0.1) is 0 Å². The van der Waals surface area contributed by atoms with E-state index in [0.717, 1.165) is 25.7 Å². The predicted molar refractivity (Wildman–Crippen MR) is 77.8 cm³/mol. The number of guanidine groups is 1. The minimum atomic E-state index is 0.469. The first kappa shape index (κ1) is 14.6. The number of methoxy groups -OCH3 is 1. The van der Waals surface area contributed by atoms with Crippen LogP contribution < -0.4 is 11.3 Å². The summed E-state index contributed by atoms with van der Waals surface area (Å²) in [6.45, 7) is 2.94. The molecule has 110 valence electrons. The third kappa shape index (κ3) is 4.35. The number of piperidine rings is 1. The highest BCUT2D eigenvalue weighted by atomic mass is 16.5. The molecule has 0 radical (unpaired) electrons. The average Bonchev–Trinajstić information content (AvgIpc) is 2.47. The molecule has 1 saturated carbocycles. The van der Waals surface area contributed by atoms with Crippen LogP contribution in [-0.2, 0) is 4.74 Å². The summed E-state index contributed by atoms with van der Waals surface area (Å²) in [5.41, 5.74) is 2.81. The molecule has 0 unspecified atom stereocenters. The Balaban J connectivity index is 1.85. The van der Waals surface area contributed by atoms with E-state index in [1.165, 1.54) is 44.9 Å². The maximum atomic E-state index is 5.67. The maximum Gasteiger partial charge on any atom is 0.208 e. The van der Waals surface area contributed by atoms with Crippen LogP contribution in [0, 0.1) is 5.92 Å². The quantitative estimate of drug-likeness (QED) is 0.352. The number of likely N-dealkylation sites (tertiary alicyclic amines) is 1. The number of hydrogen-bond acceptors (Lipinski definition) is 3. The molecule has 1 saturated heterocycles. The van der Waals surface area contributed by atoms with Crippen molar-refractivity contribution in [2.45, 2.75) is 51.0 Å². The molecule has 19 heavy (non-hydrogen) atoms. The van der Waals surface area contributed by atoms with Crippen molar-refractivity contribution in [3.05, 3.63) is 0 Å². The molecule has 1 aliphatic carbocycles. The summed E-state index contributed by atoms with van der Waals surface area (Å²) in [6.07, 6.45) is 8.73. The number of nitrogens with zero attached hydrogens (tertiary/aromatic N) is 2. The molecule has 0 atom stereocenters. The Morgan fingerprint density at radius 1 is 1.21 bits per heavy atom. The normalized spacial score (nSPS) is 23.7. The van der Waals surface area contributed by atoms with Crippen molar-refractivity contribution in [1.29, 1.82) is 0 Å². The van der Waals surface area contributed by atoms with E-state index < -0.39 is 0 Å². The van der Waals surface area contributed by atoms with Crippen molar-refractivity contribution < 1.29 is 4.74 Å². The molecule has 0 amide bonds. The van der Waals surface area contributed by atoms with E-state index in [0.29, 0.717) is 12.0 Å². The van der Waals surface area contributed by atoms with Gasteiger partial charge in [-0.05, 0) is 31.6 Å². The Morgan fingerprint density at radius 3 is 2.47 bits per heavy atom. The van der Waals surface area contributed by atoms with Crippen molar-refractivity contribution >= 4 is 5.96 Å². The fourth-order valence-corrected chi connectivity index (χ4v) is 3.14. The maximum absolute atomic E-state index is 5.67. The van der Waals surface area contributed by atoms with Crippen LogP contribution in [0.4, 0.5) is 0 Å². The Bertz CT molecular complexity index is 281. The second kappa shape index (κ2) is 7.70. The van der Waals surface area contributed by atoms with Gasteiger partial charge in [0.2, 0.25) is 5.96 Å². The largest absolute Gasteiger partial charge is 0.384 e. The van der Waals surface area contributed by atoms with E-state index in [2.05, 4.69) is 10.3 Å². The molecule has 2 rings (SSSR count). The van der Waals surface area contributed by atoms with Gasteiger partial charge in [-0.25, -0.2) is 10.8 Å². The summed E-state index contributed by atoms with van der Waals surface area (Å²) in [5, 5.41) is 0. The third-order valence-corrected chi connectivity index (χ3v) is 4.33. The second-order valence-electron chi connectivity index (χ2n) is 5.77. The number of hydrogen-bond donors (Lipinski definition) is 2. The second-order valence-corrected chi connectivity index (χ2v) is 5.77. The van der Waals surface area contributed by atoms with Gasteiger partial charge in [0.15, 0.2) is 0 Å². The molecule has 1 heterocycles. The Morgan fingerprint density at radius 2 is 1.89 bits per heavy atom. The number of nitrogens with one attached hydrogen (secondary N) is 1. The lowest BCUT2D eigenvalue weighted by molar-refractivity contribution is 0.118. The molecule has 2 aliphatic rings. The zero-order chi connectivity index (χ0) is 13.5. The summed E-state index contributed by atoms with van der Waals surface area (Å²) < 4.78 is 5.24. The number of aliphatic imine (C=N–C) groups is 1. The topological polar surface area (TPSA) is 62.9 Å². The number of nitrogens with two attached hydrogens (primary N) is 1. The number of hydrazine groups is 1. The summed E-state index contributed by atoms with van der Waals surface area (Å²) >= 11 is 0. The predicted octanol–water partition coefficient (Wildman–Crippen LogP) is 1.50. The summed E-state index contributed by atoms with van der Waals surface area (Å²) in [7, 11) is 1.78. The van der Waals surface area contributed by atoms with Crippen LogP contribution in [0.1, 0.15) is 44.9 Å². The first-order chi connectivity index (χ1) is 9.33. The van der Waals surface area contributed by atoms with Gasteiger partial charge in [0.1, 0.15) is 0 Å². The summed E-state index contributed by atoms with van der Waals surface area (Å²) in [5.74, 6) is 7.25. The molecule has 3 N–H and O–H groups in total. The molecule has 5 heteroatoms. The van der Waals surface area contributed by atoms with E-state index in [-0.39, 0.29) is 0 Å². The minimum absolute atomic E-state index is 0.469. The molecular formula is C14H28N4O. The fraction of sp³-hybridized carbons (Fsp3) is 0.929. The van der Waals surface area contributed by atoms with Gasteiger partial charge in [0.05, 0.1) is 6.04 Å². The highest BCUT2D eigenvalue weighted by Gasteiger charge is 2.22. The van der Waals surface area contributed by atoms with Crippen molar-refractivity contribution in [1.82, 2.24) is 10.3 Å². The standard InChI is InChI=1S/C14H28N4O/c1-19-11-12-7-9-18(10-8-12)14(17-15)16-13-5-3-2-4-6-13/h12-13H,2-11,15H2,1H3,(H,16,17). The van der Waals surface area contributed by atoms with Crippen LogP contribution in [0.25, 0.3) is 0 Å². The molecule has 0 bridgehead atoms. The first-order valence-electron chi connectivity index (χ1n) is 7.61. The molecule has 5 nitrogen and oxygen atoms in total. The van der Waals surface area contributed by atoms with E-state index in [9.17, 15) is 0 Å². The van der Waals surface area contributed by atoms with Gasteiger partial charge in [-0.2, -0.15) is 0 Å². The highest BCUT2D eigenvalue weighted by molar-refractivity contribution is 5.79. The molecule has 0 aromatic carbocycles. The van der Waals surface area contributed by atoms with Gasteiger partial charge in [0, 0.05) is 26.8 Å². The van der Waals surface area contributed by atoms with Crippen LogP contribution in [0.5, 0.6) is 0 Å². The smallest absolute Gasteiger partial charge is 0.208 e. The number of rotatable bonds is 3. The first-order valence-corrected chi connectivity index (χ1v) is 7.61. The zero-order valence-electron chi connectivity index (χ0n) is 12.1. The summed E-state index contributed by atoms with van der Waals surface area (Å²) in [6, 6.07) is 0.469. The van der Waals surface area contributed by atoms with E-state index in [1.54, 1.807) is 7.11 Å². The van der Waals surface area contributed by atoms with Crippen molar-refractivity contribution in [2.75, 3.05) is 26.8 Å².